The lowest BCUT2D eigenvalue weighted by Gasteiger charge is -2.35. The van der Waals surface area contributed by atoms with Crippen LogP contribution in [0.15, 0.2) is 42.3 Å². The first-order valence-electron chi connectivity index (χ1n) is 9.93. The van der Waals surface area contributed by atoms with Crippen molar-refractivity contribution in [2.45, 2.75) is 49.4 Å². The zero-order valence-electron chi connectivity index (χ0n) is 17.2. The normalized spacial score (nSPS) is 16.7. The van der Waals surface area contributed by atoms with Crippen LogP contribution in [0, 0.1) is 0 Å². The summed E-state index contributed by atoms with van der Waals surface area (Å²) in [5.41, 5.74) is 1.75. The lowest BCUT2D eigenvalue weighted by Crippen LogP contribution is -2.47. The van der Waals surface area contributed by atoms with Crippen molar-refractivity contribution in [2.24, 2.45) is 0 Å². The summed E-state index contributed by atoms with van der Waals surface area (Å²) in [7, 11) is 0. The molecule has 1 heterocycles. The summed E-state index contributed by atoms with van der Waals surface area (Å²) in [5.74, 6) is -0.468. The summed E-state index contributed by atoms with van der Waals surface area (Å²) in [6, 6.07) is 7.42. The van der Waals surface area contributed by atoms with Crippen LogP contribution in [0.5, 0.6) is 0 Å². The molecule has 1 aromatic heterocycles. The lowest BCUT2D eigenvalue weighted by atomic mass is 9.98. The predicted octanol–water partition coefficient (Wildman–Crippen LogP) is 5.04. The number of allylic oxidation sites excluding steroid dienone is 1. The molecule has 0 spiro atoms. The summed E-state index contributed by atoms with van der Waals surface area (Å²) >= 11 is 17.8. The maximum absolute atomic E-state index is 12.9. The minimum atomic E-state index is -2.08. The topological polar surface area (TPSA) is 68.6 Å². The average Bonchev–Trinajstić information content (AvgIpc) is 3.07. The Balaban J connectivity index is 1.83. The molecule has 0 fully saturated rings. The number of alkyl halides is 3. The number of esters is 1. The van der Waals surface area contributed by atoms with E-state index in [0.717, 1.165) is 16.5 Å². The highest BCUT2D eigenvalue weighted by Gasteiger charge is 2.38. The van der Waals surface area contributed by atoms with Gasteiger partial charge < -0.3 is 9.64 Å². The molecule has 0 bridgehead atoms. The molecule has 1 aliphatic carbocycles. The number of halogens is 3. The van der Waals surface area contributed by atoms with E-state index in [1.807, 2.05) is 24.3 Å². The van der Waals surface area contributed by atoms with E-state index in [2.05, 4.69) is 0 Å². The van der Waals surface area contributed by atoms with Crippen LogP contribution in [0.4, 0.5) is 0 Å². The van der Waals surface area contributed by atoms with E-state index >= 15 is 0 Å². The zero-order chi connectivity index (χ0) is 22.8. The zero-order valence-corrected chi connectivity index (χ0v) is 19.5. The van der Waals surface area contributed by atoms with Crippen molar-refractivity contribution < 1.29 is 19.1 Å². The summed E-state index contributed by atoms with van der Waals surface area (Å²) in [6.45, 7) is 3.17. The number of ether oxygens (including phenoxy) is 1. The Kier molecular flexibility index (Phi) is 7.35. The third kappa shape index (κ3) is 5.62. The number of nitrogens with zero attached hydrogens (tertiary/aromatic N) is 2. The van der Waals surface area contributed by atoms with Gasteiger partial charge in [0.15, 0.2) is 0 Å². The van der Waals surface area contributed by atoms with Gasteiger partial charge in [-0.1, -0.05) is 53.0 Å². The molecule has 9 heteroatoms. The monoisotopic (exact) mass is 484 g/mol. The molecule has 6 nitrogen and oxygen atoms in total. The third-order valence-electron chi connectivity index (χ3n) is 5.32. The van der Waals surface area contributed by atoms with E-state index in [1.54, 1.807) is 21.7 Å². The van der Waals surface area contributed by atoms with Gasteiger partial charge in [0.1, 0.15) is 5.76 Å². The minimum absolute atomic E-state index is 0.0907. The van der Waals surface area contributed by atoms with Gasteiger partial charge in [-0.05, 0) is 37.0 Å². The second-order valence-electron chi connectivity index (χ2n) is 7.50. The molecule has 2 aromatic rings. The van der Waals surface area contributed by atoms with E-state index in [-0.39, 0.29) is 17.9 Å². The SMILES string of the molecule is CC(=O)OC1=CCC(N(CCc2cn(C(C)=O)c3ccccc23)C(=O)C(Cl)(Cl)Cl)CC1. The number of para-hydroxylation sites is 1. The van der Waals surface area contributed by atoms with Crippen LogP contribution in [0.3, 0.4) is 0 Å². The molecule has 166 valence electrons. The highest BCUT2D eigenvalue weighted by molar-refractivity contribution is 6.76. The van der Waals surface area contributed by atoms with Gasteiger partial charge in [-0.3, -0.25) is 19.0 Å². The molecule has 0 aliphatic heterocycles. The second kappa shape index (κ2) is 9.63. The van der Waals surface area contributed by atoms with Crippen LogP contribution < -0.4 is 0 Å². The maximum atomic E-state index is 12.9. The molecular formula is C22H23Cl3N2O4. The molecule has 1 amide bonds. The second-order valence-corrected chi connectivity index (χ2v) is 9.78. The first-order chi connectivity index (χ1) is 14.6. The third-order valence-corrected chi connectivity index (χ3v) is 5.80. The molecule has 1 aliphatic rings. The van der Waals surface area contributed by atoms with Crippen LogP contribution in [-0.4, -0.2) is 43.6 Å². The Bertz CT molecular complexity index is 1040. The molecule has 1 aromatic carbocycles. The summed E-state index contributed by atoms with van der Waals surface area (Å²) in [5, 5.41) is 0.944. The Morgan fingerprint density at radius 1 is 1.19 bits per heavy atom. The Hall–Kier alpha value is -2.02. The fourth-order valence-corrected chi connectivity index (χ4v) is 4.25. The number of amides is 1. The average molecular weight is 486 g/mol. The number of rotatable bonds is 5. The molecule has 1 unspecified atom stereocenters. The van der Waals surface area contributed by atoms with Gasteiger partial charge >= 0.3 is 5.97 Å². The van der Waals surface area contributed by atoms with Gasteiger partial charge in [0.05, 0.1) is 5.52 Å². The Morgan fingerprint density at radius 2 is 1.90 bits per heavy atom. The van der Waals surface area contributed by atoms with Crippen molar-refractivity contribution in [3.8, 4) is 0 Å². The molecular weight excluding hydrogens is 463 g/mol. The van der Waals surface area contributed by atoms with Gasteiger partial charge in [0.2, 0.25) is 5.91 Å². The molecule has 0 saturated carbocycles. The van der Waals surface area contributed by atoms with Crippen molar-refractivity contribution in [1.29, 1.82) is 0 Å². The van der Waals surface area contributed by atoms with Gasteiger partial charge in [-0.25, -0.2) is 0 Å². The fourth-order valence-electron chi connectivity index (χ4n) is 3.92. The molecule has 1 atom stereocenters. The van der Waals surface area contributed by atoms with Gasteiger partial charge in [0, 0.05) is 44.4 Å². The highest BCUT2D eigenvalue weighted by atomic mass is 35.6. The number of carbonyl (C=O) groups excluding carboxylic acids is 3. The van der Waals surface area contributed by atoms with Crippen molar-refractivity contribution in [1.82, 2.24) is 9.47 Å². The van der Waals surface area contributed by atoms with Crippen molar-refractivity contribution in [2.75, 3.05) is 6.54 Å². The standard InChI is InChI=1S/C22H23Cl3N2O4/c1-14(28)27-13-16(19-5-3-4-6-20(19)27)11-12-26(21(30)22(23,24)25)17-7-9-18(10-8-17)31-15(2)29/h3-6,9,13,17H,7-8,10-12H2,1-2H3. The largest absolute Gasteiger partial charge is 0.432 e. The Labute approximate surface area is 195 Å². The first-order valence-corrected chi connectivity index (χ1v) is 11.1. The Morgan fingerprint density at radius 3 is 2.48 bits per heavy atom. The summed E-state index contributed by atoms with van der Waals surface area (Å²) < 4.78 is 4.68. The number of fused-ring (bicyclic) bond motifs is 1. The summed E-state index contributed by atoms with van der Waals surface area (Å²) in [4.78, 5) is 37.6. The van der Waals surface area contributed by atoms with E-state index in [1.165, 1.54) is 13.8 Å². The van der Waals surface area contributed by atoms with Gasteiger partial charge in [-0.15, -0.1) is 0 Å². The van der Waals surface area contributed by atoms with Crippen LogP contribution in [0.2, 0.25) is 0 Å². The van der Waals surface area contributed by atoms with E-state index in [0.29, 0.717) is 38.0 Å². The van der Waals surface area contributed by atoms with Crippen molar-refractivity contribution in [3.05, 3.63) is 47.9 Å². The molecule has 0 N–H and O–H groups in total. The number of carbonyl (C=O) groups is 3. The highest BCUT2D eigenvalue weighted by Crippen LogP contribution is 2.33. The van der Waals surface area contributed by atoms with Crippen LogP contribution in [0.1, 0.15) is 43.5 Å². The number of aromatic nitrogens is 1. The molecule has 3 rings (SSSR count). The number of hydrogen-bond donors (Lipinski definition) is 0. The number of benzene rings is 1. The first kappa shape index (κ1) is 23.6. The van der Waals surface area contributed by atoms with Crippen LogP contribution in [-0.2, 0) is 20.7 Å². The van der Waals surface area contributed by atoms with Crippen LogP contribution in [0.25, 0.3) is 10.9 Å². The van der Waals surface area contributed by atoms with Crippen molar-refractivity contribution >= 4 is 63.5 Å². The van der Waals surface area contributed by atoms with E-state index in [9.17, 15) is 14.4 Å². The maximum Gasteiger partial charge on any atom is 0.307 e. The smallest absolute Gasteiger partial charge is 0.307 e. The van der Waals surface area contributed by atoms with Gasteiger partial charge in [0.25, 0.3) is 9.70 Å². The lowest BCUT2D eigenvalue weighted by molar-refractivity contribution is -0.138. The molecule has 0 radical (unpaired) electrons. The van der Waals surface area contributed by atoms with E-state index < -0.39 is 9.70 Å². The number of hydrogen-bond acceptors (Lipinski definition) is 4. The molecule has 31 heavy (non-hydrogen) atoms. The quantitative estimate of drug-likeness (QED) is 0.439. The van der Waals surface area contributed by atoms with Crippen LogP contribution >= 0.6 is 34.8 Å². The van der Waals surface area contributed by atoms with E-state index in [4.69, 9.17) is 39.5 Å². The predicted molar refractivity (Wildman–Crippen MR) is 121 cm³/mol. The van der Waals surface area contributed by atoms with Gasteiger partial charge in [-0.2, -0.15) is 0 Å². The minimum Gasteiger partial charge on any atom is -0.432 e. The summed E-state index contributed by atoms with van der Waals surface area (Å²) in [6.07, 6.45) is 5.67. The molecule has 0 saturated heterocycles. The van der Waals surface area contributed by atoms with Crippen molar-refractivity contribution in [3.63, 3.8) is 0 Å². The fraction of sp³-hybridized carbons (Fsp3) is 0.409.